The quantitative estimate of drug-likeness (QED) is 0.658. The molecule has 1 aromatic rings. The number of rotatable bonds is 7. The lowest BCUT2D eigenvalue weighted by Crippen LogP contribution is -2.16. The van der Waals surface area contributed by atoms with E-state index in [0.717, 1.165) is 6.07 Å². The van der Waals surface area contributed by atoms with Crippen LogP contribution in [0, 0.1) is 11.7 Å². The van der Waals surface area contributed by atoms with Crippen LogP contribution < -0.4 is 11.1 Å². The number of carboxylic acids is 1. The molecule has 6 heteroatoms. The van der Waals surface area contributed by atoms with Gasteiger partial charge in [-0.3, -0.25) is 9.59 Å². The molecule has 0 spiro atoms. The van der Waals surface area contributed by atoms with Gasteiger partial charge in [0, 0.05) is 12.2 Å². The maximum absolute atomic E-state index is 13.0. The van der Waals surface area contributed by atoms with Crippen molar-refractivity contribution in [3.63, 3.8) is 0 Å². The van der Waals surface area contributed by atoms with E-state index in [-0.39, 0.29) is 5.56 Å². The molecule has 0 aliphatic heterocycles. The van der Waals surface area contributed by atoms with Crippen molar-refractivity contribution in [3.8, 4) is 0 Å². The lowest BCUT2D eigenvalue weighted by atomic mass is 10.1. The van der Waals surface area contributed by atoms with Crippen LogP contribution >= 0.6 is 0 Å². The van der Waals surface area contributed by atoms with Crippen molar-refractivity contribution in [2.24, 2.45) is 11.7 Å². The zero-order valence-electron chi connectivity index (χ0n) is 10.6. The van der Waals surface area contributed by atoms with E-state index < -0.39 is 23.6 Å². The fourth-order valence-corrected chi connectivity index (χ4v) is 1.63. The van der Waals surface area contributed by atoms with Crippen LogP contribution in [0.5, 0.6) is 0 Å². The molecule has 0 aromatic heterocycles. The molecule has 5 nitrogen and oxygen atoms in total. The van der Waals surface area contributed by atoms with E-state index in [4.69, 9.17) is 10.8 Å². The molecule has 0 aliphatic carbocycles. The minimum absolute atomic E-state index is 0.0892. The van der Waals surface area contributed by atoms with Crippen molar-refractivity contribution >= 4 is 17.6 Å². The average Bonchev–Trinajstić information content (AvgIpc) is 2.35. The molecule has 0 saturated heterocycles. The van der Waals surface area contributed by atoms with Crippen LogP contribution in [-0.2, 0) is 4.79 Å². The highest BCUT2D eigenvalue weighted by Gasteiger charge is 2.11. The van der Waals surface area contributed by atoms with Gasteiger partial charge in [0.2, 0.25) is 0 Å². The van der Waals surface area contributed by atoms with Crippen molar-refractivity contribution in [1.82, 2.24) is 0 Å². The van der Waals surface area contributed by atoms with Crippen molar-refractivity contribution < 1.29 is 19.1 Å². The van der Waals surface area contributed by atoms with Crippen LogP contribution in [-0.4, -0.2) is 23.5 Å². The number of primary amides is 1. The van der Waals surface area contributed by atoms with E-state index in [2.05, 4.69) is 5.32 Å². The first-order chi connectivity index (χ1) is 8.91. The molecule has 0 bridgehead atoms. The Morgan fingerprint density at radius 3 is 2.74 bits per heavy atom. The number of anilines is 1. The zero-order valence-corrected chi connectivity index (χ0v) is 10.6. The molecule has 1 unspecified atom stereocenters. The highest BCUT2D eigenvalue weighted by molar-refractivity contribution is 5.98. The van der Waals surface area contributed by atoms with Crippen LogP contribution in [0.4, 0.5) is 10.1 Å². The number of carbonyl (C=O) groups excluding carboxylic acids is 1. The highest BCUT2D eigenvalue weighted by atomic mass is 19.1. The number of amides is 1. The summed E-state index contributed by atoms with van der Waals surface area (Å²) in [5.74, 6) is -2.48. The van der Waals surface area contributed by atoms with Gasteiger partial charge in [0.05, 0.1) is 11.5 Å². The fourth-order valence-electron chi connectivity index (χ4n) is 1.63. The van der Waals surface area contributed by atoms with Crippen LogP contribution in [0.25, 0.3) is 0 Å². The first-order valence-corrected chi connectivity index (χ1v) is 5.98. The molecule has 19 heavy (non-hydrogen) atoms. The number of halogens is 1. The van der Waals surface area contributed by atoms with Gasteiger partial charge in [0.25, 0.3) is 5.91 Å². The van der Waals surface area contributed by atoms with Gasteiger partial charge >= 0.3 is 5.97 Å². The van der Waals surface area contributed by atoms with E-state index in [1.54, 1.807) is 6.92 Å². The van der Waals surface area contributed by atoms with Gasteiger partial charge in [-0.25, -0.2) is 4.39 Å². The first kappa shape index (κ1) is 14.9. The monoisotopic (exact) mass is 268 g/mol. The molecule has 0 radical (unpaired) electrons. The third kappa shape index (κ3) is 4.57. The Hall–Kier alpha value is -2.11. The number of nitrogens with one attached hydrogen (secondary N) is 1. The van der Waals surface area contributed by atoms with Gasteiger partial charge < -0.3 is 16.2 Å². The summed E-state index contributed by atoms with van der Waals surface area (Å²) in [6, 6.07) is 3.75. The van der Waals surface area contributed by atoms with E-state index in [1.165, 1.54) is 12.1 Å². The maximum Gasteiger partial charge on any atom is 0.306 e. The first-order valence-electron chi connectivity index (χ1n) is 5.98. The number of hydrogen-bond donors (Lipinski definition) is 3. The largest absolute Gasteiger partial charge is 0.481 e. The molecule has 0 heterocycles. The summed E-state index contributed by atoms with van der Waals surface area (Å²) >= 11 is 0. The van der Waals surface area contributed by atoms with Gasteiger partial charge in [-0.15, -0.1) is 0 Å². The SMILES string of the molecule is CC(CCCNc1ccc(F)cc1C(N)=O)C(=O)O. The highest BCUT2D eigenvalue weighted by Crippen LogP contribution is 2.17. The maximum atomic E-state index is 13.0. The molecule has 104 valence electrons. The summed E-state index contributed by atoms with van der Waals surface area (Å²) in [5.41, 5.74) is 5.70. The van der Waals surface area contributed by atoms with Gasteiger partial charge in [0.1, 0.15) is 5.82 Å². The second-order valence-electron chi connectivity index (χ2n) is 4.36. The second-order valence-corrected chi connectivity index (χ2v) is 4.36. The molecule has 4 N–H and O–H groups in total. The fraction of sp³-hybridized carbons (Fsp3) is 0.385. The molecule has 1 aromatic carbocycles. The topological polar surface area (TPSA) is 92.4 Å². The van der Waals surface area contributed by atoms with Crippen LogP contribution in [0.1, 0.15) is 30.1 Å². The van der Waals surface area contributed by atoms with Crippen molar-refractivity contribution in [2.75, 3.05) is 11.9 Å². The smallest absolute Gasteiger partial charge is 0.306 e. The number of benzene rings is 1. The molecule has 1 atom stereocenters. The molecule has 0 fully saturated rings. The van der Waals surface area contributed by atoms with Gasteiger partial charge in [0.15, 0.2) is 0 Å². The number of aliphatic carboxylic acids is 1. The average molecular weight is 268 g/mol. The minimum atomic E-state index is -0.834. The summed E-state index contributed by atoms with van der Waals surface area (Å²) in [5, 5.41) is 11.7. The predicted octanol–water partition coefficient (Wildman–Crippen LogP) is 1.84. The standard InChI is InChI=1S/C13H17FN2O3/c1-8(13(18)19)3-2-6-16-11-5-4-9(14)7-10(11)12(15)17/h4-5,7-8,16H,2-3,6H2,1H3,(H2,15,17)(H,18,19). The van der Waals surface area contributed by atoms with Gasteiger partial charge in [-0.05, 0) is 31.0 Å². The summed E-state index contributed by atoms with van der Waals surface area (Å²) in [7, 11) is 0. The Balaban J connectivity index is 2.54. The Morgan fingerprint density at radius 1 is 1.47 bits per heavy atom. The Morgan fingerprint density at radius 2 is 2.16 bits per heavy atom. The molecular weight excluding hydrogens is 251 g/mol. The van der Waals surface area contributed by atoms with Crippen LogP contribution in [0.15, 0.2) is 18.2 Å². The molecule has 0 saturated carbocycles. The van der Waals surface area contributed by atoms with Crippen LogP contribution in [0.2, 0.25) is 0 Å². The van der Waals surface area contributed by atoms with E-state index >= 15 is 0 Å². The summed E-state index contributed by atoms with van der Waals surface area (Å²) in [4.78, 5) is 21.8. The third-order valence-electron chi connectivity index (χ3n) is 2.80. The molecular formula is C13H17FN2O3. The minimum Gasteiger partial charge on any atom is -0.481 e. The summed E-state index contributed by atoms with van der Waals surface area (Å²) in [6.45, 7) is 2.12. The summed E-state index contributed by atoms with van der Waals surface area (Å²) < 4.78 is 13.0. The number of carbonyl (C=O) groups is 2. The Kier molecular flexibility index (Phi) is 5.29. The van der Waals surface area contributed by atoms with Gasteiger partial charge in [-0.1, -0.05) is 6.92 Å². The second kappa shape index (κ2) is 6.72. The number of carboxylic acid groups (broad SMARTS) is 1. The van der Waals surface area contributed by atoms with E-state index in [1.807, 2.05) is 0 Å². The summed E-state index contributed by atoms with van der Waals surface area (Å²) in [6.07, 6.45) is 1.15. The van der Waals surface area contributed by atoms with Crippen molar-refractivity contribution in [3.05, 3.63) is 29.6 Å². The number of nitrogens with two attached hydrogens (primary N) is 1. The number of hydrogen-bond acceptors (Lipinski definition) is 3. The molecule has 1 rings (SSSR count). The van der Waals surface area contributed by atoms with Crippen molar-refractivity contribution in [2.45, 2.75) is 19.8 Å². The lowest BCUT2D eigenvalue weighted by Gasteiger charge is -2.11. The molecule has 0 aliphatic rings. The van der Waals surface area contributed by atoms with E-state index in [9.17, 15) is 14.0 Å². The van der Waals surface area contributed by atoms with E-state index in [0.29, 0.717) is 25.1 Å². The lowest BCUT2D eigenvalue weighted by molar-refractivity contribution is -0.141. The zero-order chi connectivity index (χ0) is 14.4. The predicted molar refractivity (Wildman–Crippen MR) is 69.4 cm³/mol. The van der Waals surface area contributed by atoms with Crippen LogP contribution in [0.3, 0.4) is 0 Å². The molecule has 1 amide bonds. The van der Waals surface area contributed by atoms with Crippen molar-refractivity contribution in [1.29, 1.82) is 0 Å². The Bertz CT molecular complexity index is 477. The normalized spacial score (nSPS) is 11.9. The van der Waals surface area contributed by atoms with Gasteiger partial charge in [-0.2, -0.15) is 0 Å². The Labute approximate surface area is 110 Å². The third-order valence-corrected chi connectivity index (χ3v) is 2.80.